The number of piperidine rings is 2. The average molecular weight is 405 g/mol. The van der Waals surface area contributed by atoms with Crippen LogP contribution in [0.2, 0.25) is 0 Å². The number of benzene rings is 1. The number of carbonyl (C=O) groups is 1. The van der Waals surface area contributed by atoms with Crippen LogP contribution in [0.5, 0.6) is 5.75 Å². The van der Waals surface area contributed by atoms with E-state index in [9.17, 15) is 4.79 Å². The normalized spacial score (nSPS) is 19.7. The zero-order valence-corrected chi connectivity index (χ0v) is 17.2. The second kappa shape index (κ2) is 8.97. The molecule has 2 aliphatic heterocycles. The highest BCUT2D eigenvalue weighted by atomic mass is 35.5. The van der Waals surface area contributed by atoms with Gasteiger partial charge in [0.15, 0.2) is 0 Å². The fourth-order valence-electron chi connectivity index (χ4n) is 4.49. The van der Waals surface area contributed by atoms with Crippen molar-refractivity contribution in [1.29, 1.82) is 0 Å². The third-order valence-electron chi connectivity index (χ3n) is 6.14. The minimum atomic E-state index is -0.526. The van der Waals surface area contributed by atoms with Crippen LogP contribution in [0.15, 0.2) is 42.7 Å². The Hall–Kier alpha value is -2.05. The zero-order valence-electron chi connectivity index (χ0n) is 16.3. The second-order valence-electron chi connectivity index (χ2n) is 7.57. The topological polar surface area (TPSA) is 59.4 Å². The standard InChI is InChI=1S/C21H28N4O2.ClH/c1-27-19-5-3-17(4-6-19)18-7-15-24(16-8-18)20(26)21(9-12-22-13-10-21)25-14-2-11-23-25;/h2-6,11,14,18,22H,7-10,12-13,15-16H2,1H3;1H. The average Bonchev–Trinajstić information content (AvgIpc) is 3.29. The summed E-state index contributed by atoms with van der Waals surface area (Å²) in [6.07, 6.45) is 7.31. The van der Waals surface area contributed by atoms with Crippen molar-refractivity contribution in [2.24, 2.45) is 0 Å². The van der Waals surface area contributed by atoms with Gasteiger partial charge in [-0.3, -0.25) is 9.48 Å². The molecule has 0 unspecified atom stereocenters. The SMILES string of the molecule is COc1ccc(C2CCN(C(=O)C3(n4cccn4)CCNCC3)CC2)cc1.Cl. The maximum absolute atomic E-state index is 13.5. The number of hydrogen-bond acceptors (Lipinski definition) is 4. The smallest absolute Gasteiger partial charge is 0.250 e. The summed E-state index contributed by atoms with van der Waals surface area (Å²) >= 11 is 0. The molecule has 1 N–H and O–H groups in total. The van der Waals surface area contributed by atoms with E-state index in [1.54, 1.807) is 13.3 Å². The Bertz CT molecular complexity index is 749. The summed E-state index contributed by atoms with van der Waals surface area (Å²) in [6, 6.07) is 10.3. The first-order chi connectivity index (χ1) is 13.2. The van der Waals surface area contributed by atoms with E-state index in [0.29, 0.717) is 5.92 Å². The van der Waals surface area contributed by atoms with Gasteiger partial charge >= 0.3 is 0 Å². The van der Waals surface area contributed by atoms with Gasteiger partial charge in [0.25, 0.3) is 5.91 Å². The maximum atomic E-state index is 13.5. The van der Waals surface area contributed by atoms with Crippen LogP contribution in [-0.4, -0.2) is 53.9 Å². The van der Waals surface area contributed by atoms with Crippen molar-refractivity contribution in [1.82, 2.24) is 20.0 Å². The van der Waals surface area contributed by atoms with Crippen LogP contribution < -0.4 is 10.1 Å². The number of hydrogen-bond donors (Lipinski definition) is 1. The molecule has 1 aromatic carbocycles. The Morgan fingerprint density at radius 1 is 1.18 bits per heavy atom. The Labute approximate surface area is 172 Å². The number of halogens is 1. The van der Waals surface area contributed by atoms with E-state index in [0.717, 1.165) is 57.6 Å². The van der Waals surface area contributed by atoms with Crippen molar-refractivity contribution >= 4 is 18.3 Å². The van der Waals surface area contributed by atoms with E-state index in [4.69, 9.17) is 4.74 Å². The monoisotopic (exact) mass is 404 g/mol. The third kappa shape index (κ3) is 3.89. The van der Waals surface area contributed by atoms with E-state index in [1.165, 1.54) is 5.56 Å². The molecule has 28 heavy (non-hydrogen) atoms. The Kier molecular flexibility index (Phi) is 6.62. The fraction of sp³-hybridized carbons (Fsp3) is 0.524. The van der Waals surface area contributed by atoms with Gasteiger partial charge in [0, 0.05) is 25.5 Å². The number of rotatable bonds is 4. The van der Waals surface area contributed by atoms with Crippen LogP contribution >= 0.6 is 12.4 Å². The van der Waals surface area contributed by atoms with Gasteiger partial charge in [0.2, 0.25) is 0 Å². The number of methoxy groups -OCH3 is 1. The molecular weight excluding hydrogens is 376 g/mol. The van der Waals surface area contributed by atoms with Gasteiger partial charge in [0.05, 0.1) is 7.11 Å². The summed E-state index contributed by atoms with van der Waals surface area (Å²) in [5.41, 5.74) is 0.813. The maximum Gasteiger partial charge on any atom is 0.250 e. The molecule has 0 radical (unpaired) electrons. The number of amides is 1. The minimum Gasteiger partial charge on any atom is -0.497 e. The first-order valence-electron chi connectivity index (χ1n) is 9.87. The van der Waals surface area contributed by atoms with Crippen LogP contribution in [0.3, 0.4) is 0 Å². The Balaban J connectivity index is 0.00000225. The van der Waals surface area contributed by atoms with Crippen LogP contribution in [0.25, 0.3) is 0 Å². The molecule has 2 aliphatic rings. The number of nitrogens with one attached hydrogen (secondary N) is 1. The number of carbonyl (C=O) groups excluding carboxylic acids is 1. The predicted octanol–water partition coefficient (Wildman–Crippen LogP) is 2.80. The highest BCUT2D eigenvalue weighted by molar-refractivity contribution is 5.85. The van der Waals surface area contributed by atoms with Crippen molar-refractivity contribution in [3.8, 4) is 5.75 Å². The molecule has 152 valence electrons. The molecule has 0 aliphatic carbocycles. The summed E-state index contributed by atoms with van der Waals surface area (Å²) < 4.78 is 7.15. The van der Waals surface area contributed by atoms with Crippen LogP contribution in [-0.2, 0) is 10.3 Å². The first kappa shape index (κ1) is 20.7. The Morgan fingerprint density at radius 2 is 1.86 bits per heavy atom. The summed E-state index contributed by atoms with van der Waals surface area (Å²) in [5, 5.41) is 7.81. The second-order valence-corrected chi connectivity index (χ2v) is 7.57. The van der Waals surface area contributed by atoms with Crippen molar-refractivity contribution in [2.45, 2.75) is 37.1 Å². The van der Waals surface area contributed by atoms with E-state index >= 15 is 0 Å². The molecule has 2 aromatic rings. The summed E-state index contributed by atoms with van der Waals surface area (Å²) in [6.45, 7) is 3.33. The third-order valence-corrected chi connectivity index (χ3v) is 6.14. The molecule has 1 aromatic heterocycles. The molecule has 2 saturated heterocycles. The molecule has 0 spiro atoms. The molecule has 4 rings (SSSR count). The largest absolute Gasteiger partial charge is 0.497 e. The van der Waals surface area contributed by atoms with Gasteiger partial charge in [-0.2, -0.15) is 5.10 Å². The molecule has 6 nitrogen and oxygen atoms in total. The Morgan fingerprint density at radius 3 is 2.43 bits per heavy atom. The fourth-order valence-corrected chi connectivity index (χ4v) is 4.49. The first-order valence-corrected chi connectivity index (χ1v) is 9.87. The van der Waals surface area contributed by atoms with Crippen molar-refractivity contribution in [3.05, 3.63) is 48.3 Å². The molecule has 0 atom stereocenters. The van der Waals surface area contributed by atoms with Gasteiger partial charge in [0.1, 0.15) is 11.3 Å². The van der Waals surface area contributed by atoms with Crippen LogP contribution in [0.4, 0.5) is 0 Å². The van der Waals surface area contributed by atoms with Crippen molar-refractivity contribution in [2.75, 3.05) is 33.3 Å². The van der Waals surface area contributed by atoms with E-state index in [1.807, 2.05) is 29.1 Å². The van der Waals surface area contributed by atoms with Crippen molar-refractivity contribution < 1.29 is 9.53 Å². The highest BCUT2D eigenvalue weighted by Gasteiger charge is 2.45. The molecule has 0 bridgehead atoms. The molecule has 0 saturated carbocycles. The van der Waals surface area contributed by atoms with Gasteiger partial charge in [-0.1, -0.05) is 12.1 Å². The lowest BCUT2D eigenvalue weighted by molar-refractivity contribution is -0.144. The minimum absolute atomic E-state index is 0. The van der Waals surface area contributed by atoms with Crippen LogP contribution in [0, 0.1) is 0 Å². The molecule has 2 fully saturated rings. The quantitative estimate of drug-likeness (QED) is 0.851. The summed E-state index contributed by atoms with van der Waals surface area (Å²) in [4.78, 5) is 15.6. The highest BCUT2D eigenvalue weighted by Crippen LogP contribution is 2.34. The van der Waals surface area contributed by atoms with E-state index in [-0.39, 0.29) is 18.3 Å². The number of likely N-dealkylation sites (tertiary alicyclic amines) is 1. The van der Waals surface area contributed by atoms with Crippen molar-refractivity contribution in [3.63, 3.8) is 0 Å². The lowest BCUT2D eigenvalue weighted by Crippen LogP contribution is -2.56. The lowest BCUT2D eigenvalue weighted by Gasteiger charge is -2.42. The summed E-state index contributed by atoms with van der Waals surface area (Å²) in [7, 11) is 1.69. The lowest BCUT2D eigenvalue weighted by atomic mass is 9.84. The number of nitrogens with zero attached hydrogens (tertiary/aromatic N) is 3. The molecule has 3 heterocycles. The predicted molar refractivity (Wildman–Crippen MR) is 111 cm³/mol. The van der Waals surface area contributed by atoms with Gasteiger partial charge < -0.3 is 15.0 Å². The zero-order chi connectivity index (χ0) is 18.7. The van der Waals surface area contributed by atoms with Gasteiger partial charge in [-0.15, -0.1) is 12.4 Å². The number of aromatic nitrogens is 2. The summed E-state index contributed by atoms with van der Waals surface area (Å²) in [5.74, 6) is 1.63. The van der Waals surface area contributed by atoms with Crippen LogP contribution in [0.1, 0.15) is 37.2 Å². The molecule has 1 amide bonds. The van der Waals surface area contributed by atoms with E-state index in [2.05, 4.69) is 27.4 Å². The van der Waals surface area contributed by atoms with E-state index < -0.39 is 5.54 Å². The molecule has 7 heteroatoms. The molecular formula is C21H29ClN4O2. The van der Waals surface area contributed by atoms with Gasteiger partial charge in [-0.05, 0) is 68.5 Å². The number of ether oxygens (including phenoxy) is 1. The van der Waals surface area contributed by atoms with Gasteiger partial charge in [-0.25, -0.2) is 0 Å².